The number of hydrogen-bond acceptors (Lipinski definition) is 0. The third kappa shape index (κ3) is 4.15. The van der Waals surface area contributed by atoms with Crippen molar-refractivity contribution in [2.45, 2.75) is 6.42 Å². The first-order valence-electron chi connectivity index (χ1n) is 3.73. The van der Waals surface area contributed by atoms with Crippen molar-refractivity contribution in [1.29, 1.82) is 0 Å². The minimum absolute atomic E-state index is 0.953. The van der Waals surface area contributed by atoms with Crippen LogP contribution in [0.15, 0.2) is 54.7 Å². The van der Waals surface area contributed by atoms with Crippen molar-refractivity contribution in [2.24, 2.45) is 0 Å². The van der Waals surface area contributed by atoms with Crippen LogP contribution in [0.25, 0.3) is 0 Å². The van der Waals surface area contributed by atoms with Crippen LogP contribution >= 0.6 is 0 Å². The molecule has 0 nitrogen and oxygen atoms in total. The average Bonchev–Trinajstić information content (AvgIpc) is 2.08. The highest BCUT2D eigenvalue weighted by Crippen LogP contribution is 1.90. The second-order valence-electron chi connectivity index (χ2n) is 2.16. The lowest BCUT2D eigenvalue weighted by Crippen LogP contribution is -1.56. The van der Waals surface area contributed by atoms with E-state index in [4.69, 9.17) is 0 Å². The predicted molar refractivity (Wildman–Crippen MR) is 49.0 cm³/mol. The van der Waals surface area contributed by atoms with Crippen LogP contribution in [0, 0.1) is 6.08 Å². The molecule has 0 aromatic carbocycles. The minimum Gasteiger partial charge on any atom is -0.0807 e. The summed E-state index contributed by atoms with van der Waals surface area (Å²) >= 11 is 0. The predicted octanol–water partition coefficient (Wildman–Crippen LogP) is 2.97. The van der Waals surface area contributed by atoms with Crippen molar-refractivity contribution in [3.63, 3.8) is 0 Å². The Hall–Kier alpha value is -1.30. The summed E-state index contributed by atoms with van der Waals surface area (Å²) in [7, 11) is 0. The van der Waals surface area contributed by atoms with E-state index in [0.717, 1.165) is 6.42 Å². The maximum Gasteiger partial charge on any atom is -0.0157 e. The molecule has 0 saturated carbocycles. The SMILES string of the molecule is [C]1=CCC=CC=CC=CC=C1. The van der Waals surface area contributed by atoms with Gasteiger partial charge in [-0.2, -0.15) is 0 Å². The van der Waals surface area contributed by atoms with Gasteiger partial charge in [0, 0.05) is 0 Å². The molecule has 0 fully saturated rings. The lowest BCUT2D eigenvalue weighted by molar-refractivity contribution is 1.38. The van der Waals surface area contributed by atoms with Crippen LogP contribution in [0.2, 0.25) is 0 Å². The summed E-state index contributed by atoms with van der Waals surface area (Å²) in [6, 6.07) is 0. The van der Waals surface area contributed by atoms with Crippen molar-refractivity contribution in [2.75, 3.05) is 0 Å². The Balaban J connectivity index is 2.61. The third-order valence-corrected chi connectivity index (χ3v) is 1.26. The molecule has 0 aliphatic heterocycles. The van der Waals surface area contributed by atoms with Crippen LogP contribution in [0.5, 0.6) is 0 Å². The van der Waals surface area contributed by atoms with Crippen molar-refractivity contribution in [1.82, 2.24) is 0 Å². The zero-order chi connectivity index (χ0) is 7.78. The van der Waals surface area contributed by atoms with Gasteiger partial charge in [-0.05, 0) is 12.5 Å². The Morgan fingerprint density at radius 1 is 0.818 bits per heavy atom. The topological polar surface area (TPSA) is 0 Å². The summed E-state index contributed by atoms with van der Waals surface area (Å²) in [5.41, 5.74) is 0. The van der Waals surface area contributed by atoms with E-state index in [1.807, 2.05) is 48.6 Å². The molecule has 0 heterocycles. The van der Waals surface area contributed by atoms with Gasteiger partial charge in [0.25, 0.3) is 0 Å². The molecular formula is C11H11. The van der Waals surface area contributed by atoms with Crippen LogP contribution < -0.4 is 0 Å². The summed E-state index contributed by atoms with van der Waals surface area (Å²) < 4.78 is 0. The first-order valence-corrected chi connectivity index (χ1v) is 3.73. The largest absolute Gasteiger partial charge is 0.0807 e. The highest BCUT2D eigenvalue weighted by atomic mass is 13.8. The molecule has 0 atom stereocenters. The maximum absolute atomic E-state index is 3.05. The molecule has 1 rings (SSSR count). The summed E-state index contributed by atoms with van der Waals surface area (Å²) in [6.07, 6.45) is 22.0. The van der Waals surface area contributed by atoms with E-state index in [0.29, 0.717) is 0 Å². The van der Waals surface area contributed by atoms with Gasteiger partial charge in [-0.3, -0.25) is 0 Å². The molecule has 0 aromatic rings. The normalized spacial score (nSPS) is 16.7. The fourth-order valence-corrected chi connectivity index (χ4v) is 0.729. The van der Waals surface area contributed by atoms with E-state index in [1.54, 1.807) is 0 Å². The quantitative estimate of drug-likeness (QED) is 0.489. The van der Waals surface area contributed by atoms with Crippen molar-refractivity contribution >= 4 is 0 Å². The molecule has 0 N–H and O–H groups in total. The van der Waals surface area contributed by atoms with E-state index in [9.17, 15) is 0 Å². The fraction of sp³-hybridized carbons (Fsp3) is 0.0909. The molecule has 11 heavy (non-hydrogen) atoms. The summed E-state index contributed by atoms with van der Waals surface area (Å²) in [4.78, 5) is 0. The monoisotopic (exact) mass is 143 g/mol. The van der Waals surface area contributed by atoms with Gasteiger partial charge in [-0.25, -0.2) is 0 Å². The van der Waals surface area contributed by atoms with Gasteiger partial charge in [0.05, 0.1) is 0 Å². The Morgan fingerprint density at radius 3 is 2.45 bits per heavy atom. The standard InChI is InChI=1S/C11H11/c1-2-4-6-8-10-11-9-7-5-3-1/h1-8,11H,9H2. The summed E-state index contributed by atoms with van der Waals surface area (Å²) in [5, 5.41) is 0. The van der Waals surface area contributed by atoms with Gasteiger partial charge in [-0.1, -0.05) is 54.7 Å². The highest BCUT2D eigenvalue weighted by Gasteiger charge is 1.70. The zero-order valence-corrected chi connectivity index (χ0v) is 6.40. The van der Waals surface area contributed by atoms with Crippen LogP contribution in [0.1, 0.15) is 6.42 Å². The highest BCUT2D eigenvalue weighted by molar-refractivity contribution is 5.18. The second kappa shape index (κ2) is 5.48. The maximum atomic E-state index is 3.05. The van der Waals surface area contributed by atoms with Crippen LogP contribution in [-0.2, 0) is 0 Å². The molecule has 0 spiro atoms. The number of allylic oxidation sites excluding steroid dienone is 10. The van der Waals surface area contributed by atoms with Gasteiger partial charge in [0.15, 0.2) is 0 Å². The lowest BCUT2D eigenvalue weighted by atomic mass is 10.3. The molecule has 0 saturated heterocycles. The molecule has 55 valence electrons. The zero-order valence-electron chi connectivity index (χ0n) is 6.40. The Kier molecular flexibility index (Phi) is 3.89. The van der Waals surface area contributed by atoms with Crippen molar-refractivity contribution < 1.29 is 0 Å². The molecule has 0 amide bonds. The molecule has 1 radical (unpaired) electrons. The third-order valence-electron chi connectivity index (χ3n) is 1.26. The first kappa shape index (κ1) is 7.80. The van der Waals surface area contributed by atoms with Gasteiger partial charge < -0.3 is 0 Å². The Morgan fingerprint density at radius 2 is 1.55 bits per heavy atom. The van der Waals surface area contributed by atoms with E-state index in [-0.39, 0.29) is 0 Å². The van der Waals surface area contributed by atoms with E-state index >= 15 is 0 Å². The molecular weight excluding hydrogens is 132 g/mol. The van der Waals surface area contributed by atoms with E-state index < -0.39 is 0 Å². The van der Waals surface area contributed by atoms with Gasteiger partial charge >= 0.3 is 0 Å². The molecule has 1 aliphatic carbocycles. The average molecular weight is 143 g/mol. The Labute approximate surface area is 67.9 Å². The smallest absolute Gasteiger partial charge is 0.0157 e. The molecule has 0 bridgehead atoms. The Bertz CT molecular complexity index is 200. The number of hydrogen-bond donors (Lipinski definition) is 0. The molecule has 0 unspecified atom stereocenters. The minimum atomic E-state index is 0.953. The van der Waals surface area contributed by atoms with E-state index in [2.05, 4.69) is 12.2 Å². The summed E-state index contributed by atoms with van der Waals surface area (Å²) in [5.74, 6) is 0. The van der Waals surface area contributed by atoms with Gasteiger partial charge in [0.2, 0.25) is 0 Å². The van der Waals surface area contributed by atoms with Crippen LogP contribution in [-0.4, -0.2) is 0 Å². The van der Waals surface area contributed by atoms with Crippen molar-refractivity contribution in [3.8, 4) is 0 Å². The van der Waals surface area contributed by atoms with Crippen molar-refractivity contribution in [3.05, 3.63) is 60.8 Å². The molecule has 0 heteroatoms. The lowest BCUT2D eigenvalue weighted by Gasteiger charge is -1.75. The van der Waals surface area contributed by atoms with Crippen LogP contribution in [0.4, 0.5) is 0 Å². The second-order valence-corrected chi connectivity index (χ2v) is 2.16. The molecule has 1 aliphatic rings. The summed E-state index contributed by atoms with van der Waals surface area (Å²) in [6.45, 7) is 0. The van der Waals surface area contributed by atoms with Gasteiger partial charge in [0.1, 0.15) is 0 Å². The van der Waals surface area contributed by atoms with Gasteiger partial charge in [-0.15, -0.1) is 0 Å². The molecule has 0 aromatic heterocycles. The van der Waals surface area contributed by atoms with E-state index in [1.165, 1.54) is 0 Å². The fourth-order valence-electron chi connectivity index (χ4n) is 0.729. The first-order chi connectivity index (χ1) is 5.50. The number of rotatable bonds is 0. The van der Waals surface area contributed by atoms with Crippen LogP contribution in [0.3, 0.4) is 0 Å².